The van der Waals surface area contributed by atoms with E-state index in [-0.39, 0.29) is 34.2 Å². The molecule has 30 heavy (non-hydrogen) atoms. The fourth-order valence-electron chi connectivity index (χ4n) is 2.99. The molecule has 160 valence electrons. The predicted octanol–water partition coefficient (Wildman–Crippen LogP) is 4.21. The first kappa shape index (κ1) is 21.9. The minimum absolute atomic E-state index is 0.0376. The van der Waals surface area contributed by atoms with Crippen molar-refractivity contribution in [3.05, 3.63) is 38.7 Å². The third-order valence-corrected chi connectivity index (χ3v) is 5.07. The quantitative estimate of drug-likeness (QED) is 0.365. The van der Waals surface area contributed by atoms with Crippen LogP contribution in [-0.2, 0) is 9.53 Å². The molecule has 2 heterocycles. The van der Waals surface area contributed by atoms with E-state index < -0.39 is 39.5 Å². The van der Waals surface area contributed by atoms with E-state index in [1.807, 2.05) is 0 Å². The molecule has 0 saturated carbocycles. The number of rotatable bonds is 3. The van der Waals surface area contributed by atoms with E-state index in [0.29, 0.717) is 0 Å². The molecule has 1 aliphatic rings. The molecule has 1 saturated heterocycles. The van der Waals surface area contributed by atoms with Gasteiger partial charge in [-0.15, -0.1) is 0 Å². The summed E-state index contributed by atoms with van der Waals surface area (Å²) < 4.78 is 24.5. The Morgan fingerprint density at radius 2 is 1.97 bits per heavy atom. The number of carbonyl (C=O) groups is 2. The van der Waals surface area contributed by atoms with Gasteiger partial charge in [-0.25, -0.2) is 14.2 Å². The number of amides is 1. The van der Waals surface area contributed by atoms with Crippen molar-refractivity contribution in [3.63, 3.8) is 0 Å². The summed E-state index contributed by atoms with van der Waals surface area (Å²) in [5.41, 5.74) is -2.18. The highest BCUT2D eigenvalue weighted by molar-refractivity contribution is 9.10. The number of likely N-dealkylation sites (tertiary alicyclic amines) is 1. The summed E-state index contributed by atoms with van der Waals surface area (Å²) in [4.78, 5) is 40.8. The van der Waals surface area contributed by atoms with Gasteiger partial charge in [-0.3, -0.25) is 14.9 Å². The zero-order chi connectivity index (χ0) is 22.4. The lowest BCUT2D eigenvalue weighted by Crippen LogP contribution is -2.62. The Labute approximate surface area is 179 Å². The fraction of sp³-hybridized carbons (Fsp3) is 0.421. The van der Waals surface area contributed by atoms with Crippen LogP contribution in [0.5, 0.6) is 5.75 Å². The number of fused-ring (bicyclic) bond motifs is 1. The van der Waals surface area contributed by atoms with Crippen molar-refractivity contribution in [1.82, 2.24) is 9.88 Å². The number of hydrogen-bond acceptors (Lipinski definition) is 7. The van der Waals surface area contributed by atoms with E-state index in [2.05, 4.69) is 20.9 Å². The van der Waals surface area contributed by atoms with Gasteiger partial charge in [0.15, 0.2) is 0 Å². The van der Waals surface area contributed by atoms with Crippen molar-refractivity contribution in [3.8, 4) is 5.75 Å². The highest BCUT2D eigenvalue weighted by Gasteiger charge is 2.50. The van der Waals surface area contributed by atoms with Crippen LogP contribution in [0, 0.1) is 21.3 Å². The summed E-state index contributed by atoms with van der Waals surface area (Å²) in [6, 6.07) is 2.35. The first-order chi connectivity index (χ1) is 13.8. The first-order valence-corrected chi connectivity index (χ1v) is 9.72. The number of benzene rings is 1. The predicted molar refractivity (Wildman–Crippen MR) is 108 cm³/mol. The minimum atomic E-state index is -1.07. The molecule has 0 spiro atoms. The molecule has 0 radical (unpaired) electrons. The Balaban J connectivity index is 1.86. The standard InChI is InChI=1S/C19H19BrFN3O6/c1-18(2,3)30-17(26)23-8-19(4,9-23)16(25)29-15-10-5-11(20)12(21)6-13(10)22-7-14(15)24(27)28/h5-7H,8-9H2,1-4H3. The van der Waals surface area contributed by atoms with Crippen LogP contribution in [0.15, 0.2) is 22.8 Å². The van der Waals surface area contributed by atoms with Crippen molar-refractivity contribution in [2.75, 3.05) is 13.1 Å². The van der Waals surface area contributed by atoms with Crippen LogP contribution in [0.1, 0.15) is 27.7 Å². The molecule has 1 amide bonds. The highest BCUT2D eigenvalue weighted by Crippen LogP contribution is 2.39. The van der Waals surface area contributed by atoms with Crippen LogP contribution < -0.4 is 4.74 Å². The third kappa shape index (κ3) is 4.20. The molecule has 0 N–H and O–H groups in total. The summed E-state index contributed by atoms with van der Waals surface area (Å²) in [7, 11) is 0. The van der Waals surface area contributed by atoms with Gasteiger partial charge in [-0.05, 0) is 49.7 Å². The number of esters is 1. The Bertz CT molecular complexity index is 1060. The van der Waals surface area contributed by atoms with Crippen LogP contribution in [-0.4, -0.2) is 45.6 Å². The number of halogens is 2. The van der Waals surface area contributed by atoms with Crippen molar-refractivity contribution in [2.45, 2.75) is 33.3 Å². The van der Waals surface area contributed by atoms with E-state index in [9.17, 15) is 24.1 Å². The Morgan fingerprint density at radius 1 is 1.33 bits per heavy atom. The van der Waals surface area contributed by atoms with Crippen LogP contribution in [0.4, 0.5) is 14.9 Å². The number of ether oxygens (including phenoxy) is 2. The molecule has 1 fully saturated rings. The lowest BCUT2D eigenvalue weighted by Gasteiger charge is -2.45. The monoisotopic (exact) mass is 483 g/mol. The third-order valence-electron chi connectivity index (χ3n) is 4.46. The van der Waals surface area contributed by atoms with Crippen LogP contribution in [0.3, 0.4) is 0 Å². The number of carbonyl (C=O) groups excluding carboxylic acids is 2. The van der Waals surface area contributed by atoms with Crippen LogP contribution >= 0.6 is 15.9 Å². The van der Waals surface area contributed by atoms with Crippen LogP contribution in [0.2, 0.25) is 0 Å². The number of nitrogens with zero attached hydrogens (tertiary/aromatic N) is 3. The highest BCUT2D eigenvalue weighted by atomic mass is 79.9. The second-order valence-corrected chi connectivity index (χ2v) is 9.15. The van der Waals surface area contributed by atoms with Crippen molar-refractivity contribution in [2.24, 2.45) is 5.41 Å². The molecule has 11 heteroatoms. The van der Waals surface area contributed by atoms with Gasteiger partial charge in [0.2, 0.25) is 5.75 Å². The zero-order valence-electron chi connectivity index (χ0n) is 16.7. The largest absolute Gasteiger partial charge is 0.444 e. The van der Waals surface area contributed by atoms with Gasteiger partial charge >= 0.3 is 17.7 Å². The van der Waals surface area contributed by atoms with Gasteiger partial charge in [0.25, 0.3) is 0 Å². The molecule has 1 aliphatic heterocycles. The minimum Gasteiger partial charge on any atom is -0.444 e. The molecule has 9 nitrogen and oxygen atoms in total. The first-order valence-electron chi connectivity index (χ1n) is 8.93. The van der Waals surface area contributed by atoms with E-state index in [4.69, 9.17) is 9.47 Å². The lowest BCUT2D eigenvalue weighted by molar-refractivity contribution is -0.385. The molecule has 0 aliphatic carbocycles. The molecule has 3 rings (SSSR count). The van der Waals surface area contributed by atoms with E-state index >= 15 is 0 Å². The number of hydrogen-bond donors (Lipinski definition) is 0. The molecule has 0 atom stereocenters. The average molecular weight is 484 g/mol. The topological polar surface area (TPSA) is 112 Å². The van der Waals surface area contributed by atoms with Gasteiger partial charge in [0.1, 0.15) is 23.0 Å². The van der Waals surface area contributed by atoms with Gasteiger partial charge in [0.05, 0.1) is 20.3 Å². The molecule has 2 aromatic rings. The maximum atomic E-state index is 13.8. The van der Waals surface area contributed by atoms with Crippen LogP contribution in [0.25, 0.3) is 10.9 Å². The maximum Gasteiger partial charge on any atom is 0.410 e. The zero-order valence-corrected chi connectivity index (χ0v) is 18.3. The average Bonchev–Trinajstić information content (AvgIpc) is 2.58. The van der Waals surface area contributed by atoms with E-state index in [1.165, 1.54) is 11.0 Å². The Kier molecular flexibility index (Phi) is 5.44. The lowest BCUT2D eigenvalue weighted by atomic mass is 9.82. The van der Waals surface area contributed by atoms with Crippen molar-refractivity contribution in [1.29, 1.82) is 0 Å². The Hall–Kier alpha value is -2.82. The molecule has 0 bridgehead atoms. The van der Waals surface area contributed by atoms with E-state index in [0.717, 1.165) is 12.3 Å². The second-order valence-electron chi connectivity index (χ2n) is 8.30. The van der Waals surface area contributed by atoms with Crippen molar-refractivity contribution < 1.29 is 28.4 Å². The summed E-state index contributed by atoms with van der Waals surface area (Å²) in [6.07, 6.45) is 0.349. The molecule has 1 aromatic heterocycles. The normalized spacial score (nSPS) is 15.5. The summed E-state index contributed by atoms with van der Waals surface area (Å²) in [5.74, 6) is -1.69. The fourth-order valence-corrected chi connectivity index (χ4v) is 3.33. The second kappa shape index (κ2) is 7.46. The molecule has 1 aromatic carbocycles. The smallest absolute Gasteiger partial charge is 0.410 e. The van der Waals surface area contributed by atoms with Gasteiger partial charge in [-0.2, -0.15) is 0 Å². The van der Waals surface area contributed by atoms with Crippen molar-refractivity contribution >= 4 is 44.6 Å². The number of aromatic nitrogens is 1. The number of pyridine rings is 1. The van der Waals surface area contributed by atoms with Gasteiger partial charge in [0, 0.05) is 19.2 Å². The molecular weight excluding hydrogens is 465 g/mol. The molecule has 0 unspecified atom stereocenters. The SMILES string of the molecule is CC(C)(C)OC(=O)N1CC(C)(C(=O)Oc2c([N+](=O)[O-])cnc3cc(F)c(Br)cc23)C1. The Morgan fingerprint density at radius 3 is 2.53 bits per heavy atom. The summed E-state index contributed by atoms with van der Waals surface area (Å²) >= 11 is 3.02. The maximum absolute atomic E-state index is 13.8. The number of nitro groups is 1. The van der Waals surface area contributed by atoms with E-state index in [1.54, 1.807) is 27.7 Å². The summed E-state index contributed by atoms with van der Waals surface area (Å²) in [6.45, 7) is 6.85. The van der Waals surface area contributed by atoms with Gasteiger partial charge < -0.3 is 14.4 Å². The summed E-state index contributed by atoms with van der Waals surface area (Å²) in [5, 5.41) is 11.5. The molecular formula is C19H19BrFN3O6. The van der Waals surface area contributed by atoms with Gasteiger partial charge in [-0.1, -0.05) is 0 Å².